The molecule has 5 nitrogen and oxygen atoms in total. The van der Waals surface area contributed by atoms with Crippen molar-refractivity contribution in [1.82, 2.24) is 19.9 Å². The van der Waals surface area contributed by atoms with Crippen LogP contribution < -0.4 is 0 Å². The Hall–Kier alpha value is -8.06. The third-order valence-electron chi connectivity index (χ3n) is 11.7. The van der Waals surface area contributed by atoms with E-state index in [1.54, 1.807) is 0 Å². The lowest BCUT2D eigenvalue weighted by atomic mass is 9.93. The first-order valence-corrected chi connectivity index (χ1v) is 21.4. The van der Waals surface area contributed by atoms with E-state index in [4.69, 9.17) is 14.4 Å². The summed E-state index contributed by atoms with van der Waals surface area (Å²) in [7, 11) is 0. The van der Waals surface area contributed by atoms with Crippen LogP contribution in [0.3, 0.4) is 0 Å². The second kappa shape index (κ2) is 14.9. The Balaban J connectivity index is 0.918. The van der Waals surface area contributed by atoms with Gasteiger partial charge in [-0.25, -0.2) is 19.9 Å². The summed E-state index contributed by atoms with van der Waals surface area (Å²) in [5, 5.41) is 4.81. The fourth-order valence-electron chi connectivity index (χ4n) is 8.57. The number of para-hydroxylation sites is 1. The molecule has 0 unspecified atom stereocenters. The van der Waals surface area contributed by atoms with Gasteiger partial charge >= 0.3 is 0 Å². The predicted molar refractivity (Wildman–Crippen MR) is 256 cm³/mol. The lowest BCUT2D eigenvalue weighted by molar-refractivity contribution is 0.670. The SMILES string of the molecule is c1ccc(-c2cnc(-c3ccc(-c4nc(-c5ccccc5)cc(-c5ccc(-c6ccc(-c7cccc8c7sc7ccccc78)c7c6oc6ccccc67)cc5)n4)cc3)nc2)cc1. The lowest BCUT2D eigenvalue weighted by Crippen LogP contribution is -1.96. The highest BCUT2D eigenvalue weighted by Crippen LogP contribution is 2.46. The van der Waals surface area contributed by atoms with E-state index in [1.807, 2.05) is 90.5 Å². The number of hydrogen-bond acceptors (Lipinski definition) is 6. The number of hydrogen-bond donors (Lipinski definition) is 0. The van der Waals surface area contributed by atoms with E-state index in [-0.39, 0.29) is 0 Å². The quantitative estimate of drug-likeness (QED) is 0.160. The molecule has 62 heavy (non-hydrogen) atoms. The number of rotatable bonds is 7. The van der Waals surface area contributed by atoms with E-state index < -0.39 is 0 Å². The van der Waals surface area contributed by atoms with E-state index in [0.29, 0.717) is 11.6 Å². The average molecular weight is 811 g/mol. The van der Waals surface area contributed by atoms with Gasteiger partial charge in [0.05, 0.1) is 11.4 Å². The lowest BCUT2D eigenvalue weighted by Gasteiger charge is -2.11. The smallest absolute Gasteiger partial charge is 0.160 e. The molecule has 0 spiro atoms. The van der Waals surface area contributed by atoms with Crippen molar-refractivity contribution in [3.05, 3.63) is 207 Å². The number of benzene rings is 8. The molecule has 8 aromatic carbocycles. The largest absolute Gasteiger partial charge is 0.455 e. The Morgan fingerprint density at radius 2 is 0.935 bits per heavy atom. The number of nitrogens with zero attached hydrogens (tertiary/aromatic N) is 4. The van der Waals surface area contributed by atoms with Crippen molar-refractivity contribution >= 4 is 53.4 Å². The molecule has 0 aliphatic rings. The van der Waals surface area contributed by atoms with Crippen LogP contribution in [0.5, 0.6) is 0 Å². The fraction of sp³-hybridized carbons (Fsp3) is 0. The highest BCUT2D eigenvalue weighted by molar-refractivity contribution is 7.26. The summed E-state index contributed by atoms with van der Waals surface area (Å²) >= 11 is 1.85. The summed E-state index contributed by atoms with van der Waals surface area (Å²) in [5.74, 6) is 1.31. The van der Waals surface area contributed by atoms with Gasteiger partial charge in [-0.3, -0.25) is 0 Å². The van der Waals surface area contributed by atoms with Crippen LogP contribution in [-0.4, -0.2) is 19.9 Å². The van der Waals surface area contributed by atoms with Crippen LogP contribution in [0.1, 0.15) is 0 Å². The molecular formula is C56H34N4OS. The topological polar surface area (TPSA) is 64.7 Å². The van der Waals surface area contributed by atoms with Crippen molar-refractivity contribution in [2.24, 2.45) is 0 Å². The zero-order valence-electron chi connectivity index (χ0n) is 33.2. The van der Waals surface area contributed by atoms with Crippen molar-refractivity contribution in [2.45, 2.75) is 0 Å². The van der Waals surface area contributed by atoms with Gasteiger partial charge in [-0.2, -0.15) is 0 Å². The highest BCUT2D eigenvalue weighted by atomic mass is 32.1. The second-order valence-electron chi connectivity index (χ2n) is 15.4. The Labute approximate surface area is 361 Å². The average Bonchev–Trinajstić information content (AvgIpc) is 3.94. The molecule has 0 aliphatic carbocycles. The van der Waals surface area contributed by atoms with Gasteiger partial charge in [0.2, 0.25) is 0 Å². The maximum absolute atomic E-state index is 6.75. The van der Waals surface area contributed by atoms with Crippen LogP contribution in [-0.2, 0) is 0 Å². The zero-order valence-corrected chi connectivity index (χ0v) is 34.1. The minimum atomic E-state index is 0.644. The van der Waals surface area contributed by atoms with Gasteiger partial charge in [-0.1, -0.05) is 170 Å². The Kier molecular flexibility index (Phi) is 8.61. The molecule has 0 aliphatic heterocycles. The molecule has 0 amide bonds. The Morgan fingerprint density at radius 3 is 1.68 bits per heavy atom. The molecule has 0 atom stereocenters. The van der Waals surface area contributed by atoms with Gasteiger partial charge in [-0.15, -0.1) is 11.3 Å². The van der Waals surface area contributed by atoms with Gasteiger partial charge in [0, 0.05) is 82.3 Å². The minimum absolute atomic E-state index is 0.644. The molecule has 0 N–H and O–H groups in total. The van der Waals surface area contributed by atoms with Gasteiger partial charge in [0.1, 0.15) is 11.2 Å². The maximum atomic E-state index is 6.75. The monoisotopic (exact) mass is 810 g/mol. The third-order valence-corrected chi connectivity index (χ3v) is 12.9. The number of furan rings is 1. The van der Waals surface area contributed by atoms with Crippen LogP contribution in [0.15, 0.2) is 211 Å². The molecule has 0 radical (unpaired) electrons. The normalized spacial score (nSPS) is 11.5. The van der Waals surface area contributed by atoms with E-state index in [0.717, 1.165) is 77.8 Å². The van der Waals surface area contributed by atoms with Crippen LogP contribution >= 0.6 is 11.3 Å². The fourth-order valence-corrected chi connectivity index (χ4v) is 9.80. The first kappa shape index (κ1) is 35.8. The van der Waals surface area contributed by atoms with Crippen molar-refractivity contribution in [3.63, 3.8) is 0 Å². The number of thiophene rings is 1. The molecule has 0 saturated heterocycles. The van der Waals surface area contributed by atoms with E-state index in [2.05, 4.69) is 137 Å². The summed E-state index contributed by atoms with van der Waals surface area (Å²) in [5.41, 5.74) is 13.9. The molecule has 290 valence electrons. The zero-order chi connectivity index (χ0) is 41.0. The molecule has 0 fully saturated rings. The van der Waals surface area contributed by atoms with E-state index in [9.17, 15) is 0 Å². The van der Waals surface area contributed by atoms with Crippen molar-refractivity contribution in [1.29, 1.82) is 0 Å². The summed E-state index contributed by atoms with van der Waals surface area (Å²) in [6.45, 7) is 0. The van der Waals surface area contributed by atoms with Crippen LogP contribution in [0.4, 0.5) is 0 Å². The van der Waals surface area contributed by atoms with Crippen LogP contribution in [0.25, 0.3) is 121 Å². The summed E-state index contributed by atoms with van der Waals surface area (Å²) in [4.78, 5) is 19.6. The third kappa shape index (κ3) is 6.24. The molecule has 4 heterocycles. The Bertz CT molecular complexity index is 3600. The van der Waals surface area contributed by atoms with Gasteiger partial charge in [0.15, 0.2) is 11.6 Å². The molecular weight excluding hydrogens is 777 g/mol. The standard InChI is InChI=1S/C56H34N4OS/c1-3-12-35(13-4-1)41-33-57-55(58-34-41)39-26-28-40(29-27-39)56-59-48(37-14-5-2-6-15-37)32-49(60-56)38-24-22-36(23-25-38)42-30-31-44(52-47-17-7-9-20-50(47)61-53(42)52)46-19-11-18-45-43-16-8-10-21-51(43)62-54(45)46/h1-34H. The van der Waals surface area contributed by atoms with Crippen molar-refractivity contribution in [2.75, 3.05) is 0 Å². The van der Waals surface area contributed by atoms with Gasteiger partial charge in [-0.05, 0) is 41.0 Å². The van der Waals surface area contributed by atoms with Crippen LogP contribution in [0, 0.1) is 0 Å². The van der Waals surface area contributed by atoms with Crippen molar-refractivity contribution < 1.29 is 4.42 Å². The van der Waals surface area contributed by atoms with Crippen molar-refractivity contribution in [3.8, 4) is 78.7 Å². The van der Waals surface area contributed by atoms with Gasteiger partial charge in [0.25, 0.3) is 0 Å². The summed E-state index contributed by atoms with van der Waals surface area (Å²) in [6.07, 6.45) is 3.75. The van der Waals surface area contributed by atoms with E-state index in [1.165, 1.54) is 31.3 Å². The highest BCUT2D eigenvalue weighted by Gasteiger charge is 2.20. The Morgan fingerprint density at radius 1 is 0.371 bits per heavy atom. The summed E-state index contributed by atoms with van der Waals surface area (Å²) in [6, 6.07) is 67.5. The van der Waals surface area contributed by atoms with Gasteiger partial charge < -0.3 is 4.42 Å². The molecule has 6 heteroatoms. The molecule has 4 aromatic heterocycles. The number of aromatic nitrogens is 4. The van der Waals surface area contributed by atoms with E-state index >= 15 is 0 Å². The summed E-state index contributed by atoms with van der Waals surface area (Å²) < 4.78 is 9.33. The first-order valence-electron chi connectivity index (χ1n) is 20.6. The number of fused-ring (bicyclic) bond motifs is 6. The maximum Gasteiger partial charge on any atom is 0.160 e. The first-order chi connectivity index (χ1) is 30.7. The second-order valence-corrected chi connectivity index (χ2v) is 16.4. The minimum Gasteiger partial charge on any atom is -0.455 e. The molecule has 0 saturated carbocycles. The molecule has 12 aromatic rings. The molecule has 12 rings (SSSR count). The van der Waals surface area contributed by atoms with Crippen LogP contribution in [0.2, 0.25) is 0 Å². The predicted octanol–water partition coefficient (Wildman–Crippen LogP) is 15.2. The molecule has 0 bridgehead atoms.